The maximum absolute atomic E-state index is 12.0. The average Bonchev–Trinajstić information content (AvgIpc) is 2.27. The molecule has 2 unspecified atom stereocenters. The first kappa shape index (κ1) is 15.0. The molecule has 0 spiro atoms. The molecule has 1 fully saturated rings. The van der Waals surface area contributed by atoms with Crippen molar-refractivity contribution in [2.24, 2.45) is 17.6 Å². The van der Waals surface area contributed by atoms with Crippen molar-refractivity contribution in [2.75, 3.05) is 0 Å². The molecule has 4 N–H and O–H groups in total. The van der Waals surface area contributed by atoms with Gasteiger partial charge < -0.3 is 16.2 Å². The Kier molecular flexibility index (Phi) is 4.73. The van der Waals surface area contributed by atoms with E-state index >= 15 is 0 Å². The Hall–Kier alpha value is -1.10. The summed E-state index contributed by atoms with van der Waals surface area (Å²) in [6, 6.07) is -0.654. The van der Waals surface area contributed by atoms with Crippen molar-refractivity contribution >= 4 is 11.9 Å². The van der Waals surface area contributed by atoms with E-state index in [2.05, 4.69) is 5.32 Å². The zero-order valence-corrected chi connectivity index (χ0v) is 11.4. The topological polar surface area (TPSA) is 92.4 Å². The van der Waals surface area contributed by atoms with E-state index in [-0.39, 0.29) is 11.8 Å². The molecule has 1 saturated carbocycles. The first-order valence-corrected chi connectivity index (χ1v) is 6.59. The van der Waals surface area contributed by atoms with Crippen LogP contribution < -0.4 is 11.1 Å². The van der Waals surface area contributed by atoms with E-state index in [4.69, 9.17) is 5.73 Å². The lowest BCUT2D eigenvalue weighted by atomic mass is 9.76. The molecule has 0 saturated heterocycles. The second-order valence-electron chi connectivity index (χ2n) is 5.85. The Morgan fingerprint density at radius 1 is 1.44 bits per heavy atom. The maximum atomic E-state index is 12.0. The van der Waals surface area contributed by atoms with E-state index in [1.165, 1.54) is 0 Å². The van der Waals surface area contributed by atoms with Crippen LogP contribution in [-0.2, 0) is 9.59 Å². The number of nitrogens with one attached hydrogen (secondary N) is 1. The molecule has 0 bridgehead atoms. The highest BCUT2D eigenvalue weighted by molar-refractivity contribution is 5.89. The molecular weight excluding hydrogens is 232 g/mol. The van der Waals surface area contributed by atoms with E-state index in [9.17, 15) is 14.7 Å². The summed E-state index contributed by atoms with van der Waals surface area (Å²) in [4.78, 5) is 23.5. The Morgan fingerprint density at radius 2 is 2.06 bits per heavy atom. The normalized spacial score (nSPS) is 29.9. The van der Waals surface area contributed by atoms with Gasteiger partial charge in [0.15, 0.2) is 0 Å². The first-order chi connectivity index (χ1) is 8.28. The number of carbonyl (C=O) groups excluding carboxylic acids is 1. The number of hydrogen-bond donors (Lipinski definition) is 3. The summed E-state index contributed by atoms with van der Waals surface area (Å²) in [7, 11) is 0. The number of carboxylic acids is 1. The van der Waals surface area contributed by atoms with E-state index in [0.29, 0.717) is 18.8 Å². The molecule has 1 rings (SSSR count). The van der Waals surface area contributed by atoms with Crippen LogP contribution in [0.5, 0.6) is 0 Å². The number of nitrogens with two attached hydrogens (primary N) is 1. The largest absolute Gasteiger partial charge is 0.480 e. The number of hydrogen-bond acceptors (Lipinski definition) is 3. The number of rotatable bonds is 4. The quantitative estimate of drug-likeness (QED) is 0.702. The summed E-state index contributed by atoms with van der Waals surface area (Å²) < 4.78 is 0. The van der Waals surface area contributed by atoms with Gasteiger partial charge in [0.1, 0.15) is 5.54 Å². The van der Waals surface area contributed by atoms with Crippen LogP contribution in [0.25, 0.3) is 0 Å². The van der Waals surface area contributed by atoms with Gasteiger partial charge in [-0.15, -0.1) is 0 Å². The molecule has 0 heterocycles. The fourth-order valence-electron chi connectivity index (χ4n) is 2.53. The molecule has 0 radical (unpaired) electrons. The van der Waals surface area contributed by atoms with Gasteiger partial charge in [0.25, 0.3) is 0 Å². The van der Waals surface area contributed by atoms with Gasteiger partial charge >= 0.3 is 5.97 Å². The SMILES string of the molecule is CC1CCCC(NC(=O)[C@@H](N)C(C)C)(C(=O)O)C1. The van der Waals surface area contributed by atoms with Gasteiger partial charge in [-0.05, 0) is 24.7 Å². The first-order valence-electron chi connectivity index (χ1n) is 6.59. The molecule has 3 atom stereocenters. The highest BCUT2D eigenvalue weighted by atomic mass is 16.4. The lowest BCUT2D eigenvalue weighted by Crippen LogP contribution is -2.60. The molecule has 0 aromatic heterocycles. The summed E-state index contributed by atoms with van der Waals surface area (Å²) in [5.41, 5.74) is 4.64. The second kappa shape index (κ2) is 5.69. The van der Waals surface area contributed by atoms with Crippen LogP contribution in [0, 0.1) is 11.8 Å². The van der Waals surface area contributed by atoms with Crippen LogP contribution in [0.15, 0.2) is 0 Å². The minimum absolute atomic E-state index is 0.00291. The number of aliphatic carboxylic acids is 1. The molecule has 5 heteroatoms. The second-order valence-corrected chi connectivity index (χ2v) is 5.85. The van der Waals surface area contributed by atoms with Crippen LogP contribution in [-0.4, -0.2) is 28.6 Å². The van der Waals surface area contributed by atoms with E-state index < -0.39 is 17.6 Å². The summed E-state index contributed by atoms with van der Waals surface area (Å²) in [6.07, 6.45) is 2.81. The predicted molar refractivity (Wildman–Crippen MR) is 69.0 cm³/mol. The summed E-state index contributed by atoms with van der Waals surface area (Å²) in [5, 5.41) is 12.1. The summed E-state index contributed by atoms with van der Waals surface area (Å²) in [5.74, 6) is -0.998. The van der Waals surface area contributed by atoms with E-state index in [0.717, 1.165) is 12.8 Å². The molecule has 0 aromatic rings. The van der Waals surface area contributed by atoms with Crippen molar-refractivity contribution in [3.63, 3.8) is 0 Å². The van der Waals surface area contributed by atoms with Crippen molar-refractivity contribution in [1.29, 1.82) is 0 Å². The van der Waals surface area contributed by atoms with Crippen LogP contribution in [0.1, 0.15) is 46.5 Å². The standard InChI is InChI=1S/C13H24N2O3/c1-8(2)10(14)11(16)15-13(12(17)18)6-4-5-9(3)7-13/h8-10H,4-7,14H2,1-3H3,(H,15,16)(H,17,18)/t9?,10-,13?/m0/s1. The number of amides is 1. The minimum atomic E-state index is -1.12. The molecule has 1 amide bonds. The lowest BCUT2D eigenvalue weighted by molar-refractivity contribution is -0.150. The van der Waals surface area contributed by atoms with Crippen molar-refractivity contribution in [3.05, 3.63) is 0 Å². The highest BCUT2D eigenvalue weighted by Crippen LogP contribution is 2.32. The van der Waals surface area contributed by atoms with Gasteiger partial charge in [-0.1, -0.05) is 33.6 Å². The maximum Gasteiger partial charge on any atom is 0.329 e. The van der Waals surface area contributed by atoms with Crippen LogP contribution in [0.2, 0.25) is 0 Å². The lowest BCUT2D eigenvalue weighted by Gasteiger charge is -2.38. The zero-order valence-electron chi connectivity index (χ0n) is 11.4. The van der Waals surface area contributed by atoms with Gasteiger partial charge in [0, 0.05) is 0 Å². The Morgan fingerprint density at radius 3 is 2.50 bits per heavy atom. The monoisotopic (exact) mass is 256 g/mol. The molecular formula is C13H24N2O3. The molecule has 5 nitrogen and oxygen atoms in total. The van der Waals surface area contributed by atoms with Gasteiger partial charge in [-0.2, -0.15) is 0 Å². The van der Waals surface area contributed by atoms with Gasteiger partial charge in [-0.25, -0.2) is 4.79 Å². The van der Waals surface area contributed by atoms with Crippen molar-refractivity contribution in [3.8, 4) is 0 Å². The zero-order chi connectivity index (χ0) is 13.9. The van der Waals surface area contributed by atoms with Crippen molar-refractivity contribution < 1.29 is 14.7 Å². The van der Waals surface area contributed by atoms with Crippen LogP contribution >= 0.6 is 0 Å². The number of carboxylic acid groups (broad SMARTS) is 1. The smallest absolute Gasteiger partial charge is 0.329 e. The van der Waals surface area contributed by atoms with Crippen molar-refractivity contribution in [2.45, 2.75) is 58.0 Å². The summed E-state index contributed by atoms with van der Waals surface area (Å²) in [6.45, 7) is 5.72. The third-order valence-corrected chi connectivity index (χ3v) is 3.79. The third kappa shape index (κ3) is 3.22. The fourth-order valence-corrected chi connectivity index (χ4v) is 2.53. The fraction of sp³-hybridized carbons (Fsp3) is 0.846. The van der Waals surface area contributed by atoms with E-state index in [1.807, 2.05) is 20.8 Å². The number of carbonyl (C=O) groups is 2. The van der Waals surface area contributed by atoms with Gasteiger partial charge in [-0.3, -0.25) is 4.79 Å². The molecule has 1 aliphatic carbocycles. The Balaban J connectivity index is 2.80. The van der Waals surface area contributed by atoms with Crippen molar-refractivity contribution in [1.82, 2.24) is 5.32 Å². The highest BCUT2D eigenvalue weighted by Gasteiger charge is 2.43. The molecule has 1 aliphatic rings. The predicted octanol–water partition coefficient (Wildman–Crippen LogP) is 1.12. The molecule has 0 aliphatic heterocycles. The van der Waals surface area contributed by atoms with Gasteiger partial charge in [0.05, 0.1) is 6.04 Å². The molecule has 104 valence electrons. The Labute approximate surface area is 108 Å². The van der Waals surface area contributed by atoms with Crippen LogP contribution in [0.3, 0.4) is 0 Å². The third-order valence-electron chi connectivity index (χ3n) is 3.79. The van der Waals surface area contributed by atoms with Crippen LogP contribution in [0.4, 0.5) is 0 Å². The molecule has 0 aromatic carbocycles. The average molecular weight is 256 g/mol. The minimum Gasteiger partial charge on any atom is -0.480 e. The Bertz CT molecular complexity index is 330. The van der Waals surface area contributed by atoms with Gasteiger partial charge in [0.2, 0.25) is 5.91 Å². The van der Waals surface area contributed by atoms with E-state index in [1.54, 1.807) is 0 Å². The molecule has 18 heavy (non-hydrogen) atoms. The summed E-state index contributed by atoms with van der Waals surface area (Å²) >= 11 is 0.